The van der Waals surface area contributed by atoms with E-state index >= 15 is 0 Å². The zero-order valence-corrected chi connectivity index (χ0v) is 7.40. The normalized spacial score (nSPS) is 23.4. The van der Waals surface area contributed by atoms with E-state index in [0.717, 1.165) is 0 Å². The summed E-state index contributed by atoms with van der Waals surface area (Å²) in [5, 5.41) is 0. The number of thiol groups is 1. The van der Waals surface area contributed by atoms with Crippen molar-refractivity contribution in [3.63, 3.8) is 0 Å². The first kappa shape index (κ1) is 7.82. The Bertz CT molecular complexity index is 196. The molecule has 0 aromatic carbocycles. The lowest BCUT2D eigenvalue weighted by atomic mass is 10.2. The molecule has 0 bridgehead atoms. The van der Waals surface area contributed by atoms with Gasteiger partial charge in [0.2, 0.25) is 0 Å². The predicted molar refractivity (Wildman–Crippen MR) is 51.4 cm³/mol. The van der Waals surface area contributed by atoms with Crippen LogP contribution in [0.15, 0.2) is 24.4 Å². The Morgan fingerprint density at radius 2 is 2.30 bits per heavy atom. The summed E-state index contributed by atoms with van der Waals surface area (Å²) >= 11 is 9.03. The summed E-state index contributed by atoms with van der Waals surface area (Å²) in [6.45, 7) is 0. The number of nitrogens with zero attached hydrogens (tertiary/aromatic N) is 1. The van der Waals surface area contributed by atoms with E-state index in [-0.39, 0.29) is 6.04 Å². The molecule has 0 radical (unpaired) electrons. The van der Waals surface area contributed by atoms with Crippen LogP contribution in [0.1, 0.15) is 0 Å². The number of rotatable bonds is 1. The second kappa shape index (κ2) is 3.21. The van der Waals surface area contributed by atoms with Gasteiger partial charge in [-0.2, -0.15) is 0 Å². The smallest absolute Gasteiger partial charge is 0.0879 e. The van der Waals surface area contributed by atoms with E-state index in [0.29, 0.717) is 4.20 Å². The molecule has 1 unspecified atom stereocenters. The van der Waals surface area contributed by atoms with Crippen LogP contribution in [0.2, 0.25) is 0 Å². The van der Waals surface area contributed by atoms with Gasteiger partial charge >= 0.3 is 0 Å². The molecule has 0 aliphatic carbocycles. The topological polar surface area (TPSA) is 3.24 Å². The highest BCUT2D eigenvalue weighted by Crippen LogP contribution is 2.09. The Labute approximate surface area is 71.8 Å². The molecule has 3 heteroatoms. The van der Waals surface area contributed by atoms with Gasteiger partial charge in [0.15, 0.2) is 0 Å². The lowest BCUT2D eigenvalue weighted by Gasteiger charge is -2.24. The molecule has 0 aromatic rings. The summed E-state index contributed by atoms with van der Waals surface area (Å²) < 4.78 is 0.711. The van der Waals surface area contributed by atoms with Crippen LogP contribution >= 0.6 is 24.8 Å². The summed E-state index contributed by atoms with van der Waals surface area (Å²) in [7, 11) is 1.98. The van der Waals surface area contributed by atoms with Crippen LogP contribution in [0.5, 0.6) is 0 Å². The van der Waals surface area contributed by atoms with Gasteiger partial charge in [-0.3, -0.25) is 0 Å². The summed E-state index contributed by atoms with van der Waals surface area (Å²) in [5.74, 6) is 0. The summed E-state index contributed by atoms with van der Waals surface area (Å²) in [6.07, 6.45) is 7.96. The van der Waals surface area contributed by atoms with Crippen molar-refractivity contribution in [3.8, 4) is 0 Å². The minimum atomic E-state index is 0.184. The highest BCUT2D eigenvalue weighted by atomic mass is 32.1. The highest BCUT2D eigenvalue weighted by Gasteiger charge is 2.11. The van der Waals surface area contributed by atoms with Crippen molar-refractivity contribution in [2.45, 2.75) is 6.04 Å². The van der Waals surface area contributed by atoms with Crippen LogP contribution in [0, 0.1) is 0 Å². The van der Waals surface area contributed by atoms with Crippen LogP contribution in [0.25, 0.3) is 0 Å². The van der Waals surface area contributed by atoms with Gasteiger partial charge < -0.3 is 4.90 Å². The molecule has 1 heterocycles. The highest BCUT2D eigenvalue weighted by molar-refractivity contribution is 8.11. The Morgan fingerprint density at radius 3 is 2.70 bits per heavy atom. The van der Waals surface area contributed by atoms with Crippen molar-refractivity contribution in [1.29, 1.82) is 0 Å². The summed E-state index contributed by atoms with van der Waals surface area (Å²) in [6, 6.07) is 0.184. The zero-order valence-electron chi connectivity index (χ0n) is 5.69. The third-order valence-corrected chi connectivity index (χ3v) is 1.92. The van der Waals surface area contributed by atoms with Gasteiger partial charge in [-0.15, -0.1) is 12.6 Å². The van der Waals surface area contributed by atoms with Crippen LogP contribution < -0.4 is 0 Å². The van der Waals surface area contributed by atoms with Crippen molar-refractivity contribution in [2.75, 3.05) is 7.05 Å². The quantitative estimate of drug-likeness (QED) is 0.472. The lowest BCUT2D eigenvalue weighted by molar-refractivity contribution is 0.458. The summed E-state index contributed by atoms with van der Waals surface area (Å²) in [4.78, 5) is 2.02. The molecule has 0 N–H and O–H groups in total. The van der Waals surface area contributed by atoms with Crippen molar-refractivity contribution >= 4 is 29.0 Å². The lowest BCUT2D eigenvalue weighted by Crippen LogP contribution is -2.30. The van der Waals surface area contributed by atoms with Gasteiger partial charge in [-0.25, -0.2) is 0 Å². The third kappa shape index (κ3) is 1.61. The van der Waals surface area contributed by atoms with E-state index in [9.17, 15) is 0 Å². The fraction of sp³-hybridized carbons (Fsp3) is 0.286. The molecule has 1 rings (SSSR count). The second-order valence-corrected chi connectivity index (χ2v) is 3.40. The molecule has 0 aromatic heterocycles. The van der Waals surface area contributed by atoms with Crippen molar-refractivity contribution in [3.05, 3.63) is 24.4 Å². The van der Waals surface area contributed by atoms with Crippen molar-refractivity contribution < 1.29 is 0 Å². The number of thiocarbonyl (C=S) groups is 1. The first-order chi connectivity index (χ1) is 4.72. The molecule has 54 valence electrons. The van der Waals surface area contributed by atoms with Crippen LogP contribution in [0.3, 0.4) is 0 Å². The van der Waals surface area contributed by atoms with Gasteiger partial charge in [0, 0.05) is 7.05 Å². The largest absolute Gasteiger partial charge is 0.369 e. The standard InChI is InChI=1S/C7H9NS2/c1-8-5-3-2-4-6(8)7(9)10/h2-6H,1H3,(H,9,10). The Hall–Kier alpha value is -0.280. The van der Waals surface area contributed by atoms with Gasteiger partial charge in [0.1, 0.15) is 0 Å². The van der Waals surface area contributed by atoms with Gasteiger partial charge in [-0.05, 0) is 12.3 Å². The molecule has 1 aliphatic heterocycles. The van der Waals surface area contributed by atoms with E-state index in [4.69, 9.17) is 12.2 Å². The Balaban J connectivity index is 2.70. The van der Waals surface area contributed by atoms with Crippen molar-refractivity contribution in [2.24, 2.45) is 0 Å². The second-order valence-electron chi connectivity index (χ2n) is 2.17. The van der Waals surface area contributed by atoms with Crippen molar-refractivity contribution in [1.82, 2.24) is 4.90 Å². The fourth-order valence-corrected chi connectivity index (χ4v) is 1.35. The van der Waals surface area contributed by atoms with Gasteiger partial charge in [0.25, 0.3) is 0 Å². The molecule has 1 atom stereocenters. The minimum absolute atomic E-state index is 0.184. The van der Waals surface area contributed by atoms with E-state index in [2.05, 4.69) is 12.6 Å². The van der Waals surface area contributed by atoms with Crippen LogP contribution in [-0.2, 0) is 0 Å². The Morgan fingerprint density at radius 1 is 1.60 bits per heavy atom. The molecular formula is C7H9NS2. The maximum Gasteiger partial charge on any atom is 0.0879 e. The molecule has 0 saturated carbocycles. The van der Waals surface area contributed by atoms with Gasteiger partial charge in [0.05, 0.1) is 10.2 Å². The van der Waals surface area contributed by atoms with E-state index in [1.807, 2.05) is 36.4 Å². The van der Waals surface area contributed by atoms with E-state index in [1.54, 1.807) is 0 Å². The SMILES string of the molecule is CN1C=CC=CC1C(=S)S. The van der Waals surface area contributed by atoms with E-state index < -0.39 is 0 Å². The number of hydrogen-bond donors (Lipinski definition) is 1. The molecule has 0 saturated heterocycles. The minimum Gasteiger partial charge on any atom is -0.369 e. The Kier molecular flexibility index (Phi) is 2.51. The molecule has 0 fully saturated rings. The first-order valence-electron chi connectivity index (χ1n) is 3.01. The molecule has 1 nitrogen and oxygen atoms in total. The molecule has 1 aliphatic rings. The first-order valence-corrected chi connectivity index (χ1v) is 3.87. The molecular weight excluding hydrogens is 162 g/mol. The average Bonchev–Trinajstić information content (AvgIpc) is 1.88. The number of likely N-dealkylation sites (N-methyl/N-ethyl adjacent to an activating group) is 1. The monoisotopic (exact) mass is 171 g/mol. The molecule has 0 spiro atoms. The maximum atomic E-state index is 4.93. The molecule has 0 amide bonds. The fourth-order valence-electron chi connectivity index (χ4n) is 0.840. The average molecular weight is 171 g/mol. The van der Waals surface area contributed by atoms with Crippen LogP contribution in [-0.4, -0.2) is 22.2 Å². The maximum absolute atomic E-state index is 4.93. The van der Waals surface area contributed by atoms with E-state index in [1.165, 1.54) is 0 Å². The number of hydrogen-bond acceptors (Lipinski definition) is 2. The predicted octanol–water partition coefficient (Wildman–Crippen LogP) is 1.63. The zero-order chi connectivity index (χ0) is 7.56. The molecule has 10 heavy (non-hydrogen) atoms. The number of allylic oxidation sites excluding steroid dienone is 2. The van der Waals surface area contributed by atoms with Gasteiger partial charge in [-0.1, -0.05) is 24.4 Å². The third-order valence-electron chi connectivity index (χ3n) is 1.42. The summed E-state index contributed by atoms with van der Waals surface area (Å²) in [5.41, 5.74) is 0. The van der Waals surface area contributed by atoms with Crippen LogP contribution in [0.4, 0.5) is 0 Å².